The molecule has 6 heteroatoms. The average Bonchev–Trinajstić information content (AvgIpc) is 2.85. The van der Waals surface area contributed by atoms with Crippen LogP contribution in [0.5, 0.6) is 0 Å². The van der Waals surface area contributed by atoms with E-state index >= 15 is 0 Å². The minimum Gasteiger partial charge on any atom is -0.463 e. The Labute approximate surface area is 238 Å². The summed E-state index contributed by atoms with van der Waals surface area (Å²) in [7, 11) is 0. The lowest BCUT2D eigenvalue weighted by molar-refractivity contribution is -0.148. The van der Waals surface area contributed by atoms with Crippen LogP contribution in [-0.2, 0) is 29.9 Å². The molecule has 216 valence electrons. The minimum absolute atomic E-state index is 0.130. The Kier molecular flexibility index (Phi) is 9.76. The summed E-state index contributed by atoms with van der Waals surface area (Å²) in [4.78, 5) is 51.0. The molecular formula is C34H44O6. The van der Waals surface area contributed by atoms with E-state index in [4.69, 9.17) is 9.47 Å². The predicted octanol–water partition coefficient (Wildman–Crippen LogP) is 7.26. The molecule has 40 heavy (non-hydrogen) atoms. The Bertz CT molecular complexity index is 1180. The number of carbonyl (C=O) groups is 4. The highest BCUT2D eigenvalue weighted by Gasteiger charge is 2.33. The first-order valence-corrected chi connectivity index (χ1v) is 14.4. The monoisotopic (exact) mass is 548 g/mol. The van der Waals surface area contributed by atoms with Crippen LogP contribution in [0.15, 0.2) is 36.4 Å². The molecule has 3 rings (SSSR count). The van der Waals surface area contributed by atoms with Gasteiger partial charge < -0.3 is 9.47 Å². The molecule has 0 saturated heterocycles. The Hall–Kier alpha value is -3.28. The van der Waals surface area contributed by atoms with E-state index in [1.54, 1.807) is 12.1 Å². The van der Waals surface area contributed by atoms with Crippen LogP contribution in [0.2, 0.25) is 0 Å². The molecule has 2 aromatic rings. The third-order valence-corrected chi connectivity index (χ3v) is 7.68. The van der Waals surface area contributed by atoms with Crippen LogP contribution in [0.3, 0.4) is 0 Å². The molecule has 0 atom stereocenters. The number of hydrogen-bond acceptors (Lipinski definition) is 6. The summed E-state index contributed by atoms with van der Waals surface area (Å²) in [6.45, 7) is 15.7. The topological polar surface area (TPSA) is 86.7 Å². The van der Waals surface area contributed by atoms with Gasteiger partial charge in [-0.25, -0.2) is 0 Å². The predicted molar refractivity (Wildman–Crippen MR) is 156 cm³/mol. The smallest absolute Gasteiger partial charge is 0.306 e. The maximum atomic E-state index is 13.6. The van der Waals surface area contributed by atoms with E-state index < -0.39 is 0 Å². The van der Waals surface area contributed by atoms with E-state index in [-0.39, 0.29) is 46.5 Å². The van der Waals surface area contributed by atoms with Crippen molar-refractivity contribution < 1.29 is 28.7 Å². The molecule has 1 aliphatic carbocycles. The van der Waals surface area contributed by atoms with Gasteiger partial charge in [-0.15, -0.1) is 0 Å². The lowest BCUT2D eigenvalue weighted by atomic mass is 9.74. The zero-order chi connectivity index (χ0) is 29.8. The highest BCUT2D eigenvalue weighted by atomic mass is 16.5. The maximum Gasteiger partial charge on any atom is 0.306 e. The minimum atomic E-state index is -0.285. The number of rotatable bonds is 12. The summed E-state index contributed by atoms with van der Waals surface area (Å²) >= 11 is 0. The Balaban J connectivity index is 1.76. The van der Waals surface area contributed by atoms with Crippen molar-refractivity contribution in [3.63, 3.8) is 0 Å². The van der Waals surface area contributed by atoms with Gasteiger partial charge in [-0.1, -0.05) is 39.8 Å². The first kappa shape index (κ1) is 31.3. The van der Waals surface area contributed by atoms with E-state index in [0.717, 1.165) is 24.0 Å². The summed E-state index contributed by atoms with van der Waals surface area (Å²) < 4.78 is 10.5. The van der Waals surface area contributed by atoms with Crippen molar-refractivity contribution in [1.82, 2.24) is 0 Å². The lowest BCUT2D eigenvalue weighted by Crippen LogP contribution is -2.25. The van der Waals surface area contributed by atoms with Gasteiger partial charge in [-0.2, -0.15) is 0 Å². The molecule has 0 heterocycles. The number of ketones is 2. The van der Waals surface area contributed by atoms with Gasteiger partial charge in [0.2, 0.25) is 0 Å². The third kappa shape index (κ3) is 7.47. The van der Waals surface area contributed by atoms with Crippen LogP contribution in [0, 0.1) is 0 Å². The Morgan fingerprint density at radius 3 is 1.30 bits per heavy atom. The summed E-state index contributed by atoms with van der Waals surface area (Å²) in [5.74, 6) is -0.707. The van der Waals surface area contributed by atoms with Gasteiger partial charge in [0.1, 0.15) is 0 Å². The molecule has 0 saturated carbocycles. The maximum absolute atomic E-state index is 13.6. The van der Waals surface area contributed by atoms with E-state index in [1.165, 1.54) is 0 Å². The number of hydrogen-bond donors (Lipinski definition) is 0. The van der Waals surface area contributed by atoms with Gasteiger partial charge in [-0.3, -0.25) is 19.2 Å². The molecule has 0 radical (unpaired) electrons. The van der Waals surface area contributed by atoms with E-state index in [2.05, 4.69) is 27.7 Å². The first-order valence-electron chi connectivity index (χ1n) is 14.4. The lowest BCUT2D eigenvalue weighted by Gasteiger charge is -2.29. The number of ether oxygens (including phenoxy) is 2. The van der Waals surface area contributed by atoms with Crippen LogP contribution < -0.4 is 0 Å². The summed E-state index contributed by atoms with van der Waals surface area (Å²) in [5, 5.41) is 0. The second-order valence-electron chi connectivity index (χ2n) is 12.7. The quantitative estimate of drug-likeness (QED) is 0.221. The molecule has 1 aliphatic rings. The number of carbonyl (C=O) groups excluding carboxylic acids is 4. The largest absolute Gasteiger partial charge is 0.463 e. The first-order chi connectivity index (χ1) is 18.6. The molecule has 6 nitrogen and oxygen atoms in total. The third-order valence-electron chi connectivity index (χ3n) is 7.68. The van der Waals surface area contributed by atoms with Crippen LogP contribution in [0.25, 0.3) is 0 Å². The summed E-state index contributed by atoms with van der Waals surface area (Å²) in [5.41, 5.74) is 3.05. The van der Waals surface area contributed by atoms with Crippen molar-refractivity contribution in [3.05, 3.63) is 69.8 Å². The van der Waals surface area contributed by atoms with Crippen LogP contribution in [0.4, 0.5) is 0 Å². The van der Waals surface area contributed by atoms with Gasteiger partial charge in [0, 0.05) is 35.1 Å². The summed E-state index contributed by atoms with van der Waals surface area (Å²) in [6, 6.07) is 11.1. The van der Waals surface area contributed by atoms with Gasteiger partial charge in [0.15, 0.2) is 11.6 Å². The Morgan fingerprint density at radius 2 is 0.975 bits per heavy atom. The van der Waals surface area contributed by atoms with Crippen molar-refractivity contribution >= 4 is 23.5 Å². The molecular weight excluding hydrogens is 504 g/mol. The number of benzene rings is 2. The second-order valence-corrected chi connectivity index (χ2v) is 12.7. The SMILES string of the molecule is CC(C)OC(=O)CCCC(C)(C)c1ccc2c(c1)C(=O)c1ccc(C(C)(C)CCCC(=O)OC(C)C)cc1C2=O. The standard InChI is InChI=1S/C34H44O6/c1-21(2)39-29(35)11-9-17-33(5,6)23-13-15-25-27(19-23)31(37)26-16-14-24(20-28(26)32(25)38)34(7,8)18-10-12-30(36)40-22(3)4/h13-16,19-22H,9-12,17-18H2,1-8H3. The van der Waals surface area contributed by atoms with Crippen molar-refractivity contribution in [3.8, 4) is 0 Å². The van der Waals surface area contributed by atoms with Gasteiger partial charge in [-0.05, 0) is 99.6 Å². The molecule has 0 spiro atoms. The van der Waals surface area contributed by atoms with E-state index in [0.29, 0.717) is 47.9 Å². The van der Waals surface area contributed by atoms with Crippen molar-refractivity contribution in [1.29, 1.82) is 0 Å². The fraction of sp³-hybridized carbons (Fsp3) is 0.529. The van der Waals surface area contributed by atoms with Crippen molar-refractivity contribution in [2.45, 2.75) is 117 Å². The highest BCUT2D eigenvalue weighted by Crippen LogP contribution is 2.37. The fourth-order valence-electron chi connectivity index (χ4n) is 5.27. The van der Waals surface area contributed by atoms with Gasteiger partial charge >= 0.3 is 11.9 Å². The molecule has 0 fully saturated rings. The molecule has 0 unspecified atom stereocenters. The normalized spacial score (nSPS) is 13.3. The fourth-order valence-corrected chi connectivity index (χ4v) is 5.27. The second kappa shape index (κ2) is 12.5. The molecule has 0 N–H and O–H groups in total. The van der Waals surface area contributed by atoms with Crippen LogP contribution in [0.1, 0.15) is 137 Å². The molecule has 2 aromatic carbocycles. The molecule has 0 aromatic heterocycles. The average molecular weight is 549 g/mol. The Morgan fingerprint density at radius 1 is 0.625 bits per heavy atom. The van der Waals surface area contributed by atoms with Crippen molar-refractivity contribution in [2.24, 2.45) is 0 Å². The zero-order valence-electron chi connectivity index (χ0n) is 25.3. The molecule has 0 bridgehead atoms. The van der Waals surface area contributed by atoms with E-state index in [1.807, 2.05) is 52.0 Å². The molecule has 0 aliphatic heterocycles. The molecule has 0 amide bonds. The summed E-state index contributed by atoms with van der Waals surface area (Å²) in [6.07, 6.45) is 3.25. The zero-order valence-corrected chi connectivity index (χ0v) is 25.3. The van der Waals surface area contributed by atoms with Gasteiger partial charge in [0.25, 0.3) is 0 Å². The van der Waals surface area contributed by atoms with Crippen molar-refractivity contribution in [2.75, 3.05) is 0 Å². The van der Waals surface area contributed by atoms with E-state index in [9.17, 15) is 19.2 Å². The number of fused-ring (bicyclic) bond motifs is 2. The number of esters is 2. The van der Waals surface area contributed by atoms with Crippen LogP contribution in [-0.4, -0.2) is 35.7 Å². The van der Waals surface area contributed by atoms with Crippen LogP contribution >= 0.6 is 0 Å². The highest BCUT2D eigenvalue weighted by molar-refractivity contribution is 6.28. The van der Waals surface area contributed by atoms with Gasteiger partial charge in [0.05, 0.1) is 12.2 Å².